The molecule has 1 fully saturated rings. The summed E-state index contributed by atoms with van der Waals surface area (Å²) in [6.45, 7) is 1.88. The highest BCUT2D eigenvalue weighted by Crippen LogP contribution is 2.32. The molecule has 1 atom stereocenters. The largest absolute Gasteiger partial charge is 0.433 e. The number of carbonyl (C=O) groups is 1. The molecule has 36 heavy (non-hydrogen) atoms. The van der Waals surface area contributed by atoms with Crippen molar-refractivity contribution >= 4 is 16.8 Å². The van der Waals surface area contributed by atoms with E-state index in [-0.39, 0.29) is 23.3 Å². The van der Waals surface area contributed by atoms with Gasteiger partial charge in [0, 0.05) is 47.4 Å². The number of amides is 1. The highest BCUT2D eigenvalue weighted by Gasteiger charge is 2.33. The quantitative estimate of drug-likeness (QED) is 0.373. The van der Waals surface area contributed by atoms with Gasteiger partial charge in [0.25, 0.3) is 5.91 Å². The van der Waals surface area contributed by atoms with E-state index >= 15 is 0 Å². The summed E-state index contributed by atoms with van der Waals surface area (Å²) in [7, 11) is 0. The molecule has 2 aromatic heterocycles. The summed E-state index contributed by atoms with van der Waals surface area (Å²) < 4.78 is 53.4. The minimum absolute atomic E-state index is 0.105. The number of likely N-dealkylation sites (tertiary alicyclic amines) is 1. The van der Waals surface area contributed by atoms with Gasteiger partial charge in [0.1, 0.15) is 17.2 Å². The van der Waals surface area contributed by atoms with Crippen LogP contribution in [0, 0.1) is 5.82 Å². The molecule has 4 aromatic rings. The van der Waals surface area contributed by atoms with Crippen molar-refractivity contribution in [2.24, 2.45) is 0 Å². The van der Waals surface area contributed by atoms with Crippen LogP contribution in [0.4, 0.5) is 17.6 Å². The van der Waals surface area contributed by atoms with E-state index in [4.69, 9.17) is 0 Å². The SMILES string of the molecule is O=C(N[C@@H]1CCCN(Cc2ccccc2F)C1)c1ccc2[nH]nc(-c3ccnc(C(F)(F)F)c3)c2c1. The normalized spacial score (nSPS) is 16.8. The molecule has 0 aliphatic carbocycles. The number of carbonyl (C=O) groups excluding carboxylic acids is 1. The second-order valence-corrected chi connectivity index (χ2v) is 8.90. The zero-order valence-corrected chi connectivity index (χ0v) is 19.1. The van der Waals surface area contributed by atoms with E-state index in [2.05, 4.69) is 25.4 Å². The Labute approximate surface area is 204 Å². The summed E-state index contributed by atoms with van der Waals surface area (Å²) in [6, 6.07) is 13.9. The van der Waals surface area contributed by atoms with Crippen molar-refractivity contribution in [2.45, 2.75) is 31.6 Å². The lowest BCUT2D eigenvalue weighted by Gasteiger charge is -2.33. The van der Waals surface area contributed by atoms with Crippen LogP contribution >= 0.6 is 0 Å². The van der Waals surface area contributed by atoms with Crippen LogP contribution in [-0.4, -0.2) is 45.1 Å². The van der Waals surface area contributed by atoms with Crippen LogP contribution in [0.5, 0.6) is 0 Å². The van der Waals surface area contributed by atoms with Gasteiger partial charge < -0.3 is 5.32 Å². The van der Waals surface area contributed by atoms with Gasteiger partial charge in [-0.3, -0.25) is 19.8 Å². The first-order valence-electron chi connectivity index (χ1n) is 11.6. The van der Waals surface area contributed by atoms with E-state index in [1.807, 2.05) is 0 Å². The van der Waals surface area contributed by atoms with Gasteiger partial charge in [-0.15, -0.1) is 0 Å². The second kappa shape index (κ2) is 9.69. The number of aromatic amines is 1. The van der Waals surface area contributed by atoms with Crippen molar-refractivity contribution in [1.29, 1.82) is 0 Å². The fourth-order valence-electron chi connectivity index (χ4n) is 4.56. The van der Waals surface area contributed by atoms with E-state index in [9.17, 15) is 22.4 Å². The fourth-order valence-corrected chi connectivity index (χ4v) is 4.56. The van der Waals surface area contributed by atoms with E-state index < -0.39 is 11.9 Å². The molecular formula is C26H23F4N5O. The average Bonchev–Trinajstić information content (AvgIpc) is 3.29. The average molecular weight is 497 g/mol. The van der Waals surface area contributed by atoms with E-state index in [0.29, 0.717) is 40.8 Å². The zero-order chi connectivity index (χ0) is 25.3. The number of pyridine rings is 1. The van der Waals surface area contributed by atoms with Gasteiger partial charge in [0.15, 0.2) is 0 Å². The Morgan fingerprint density at radius 3 is 2.78 bits per heavy atom. The van der Waals surface area contributed by atoms with Crippen LogP contribution in [0.15, 0.2) is 60.8 Å². The molecule has 5 rings (SSSR count). The molecule has 0 bridgehead atoms. The topological polar surface area (TPSA) is 73.9 Å². The molecule has 1 amide bonds. The minimum atomic E-state index is -4.58. The first-order valence-corrected chi connectivity index (χ1v) is 11.6. The van der Waals surface area contributed by atoms with E-state index in [1.54, 1.807) is 36.4 Å². The lowest BCUT2D eigenvalue weighted by Crippen LogP contribution is -2.47. The monoisotopic (exact) mass is 497 g/mol. The van der Waals surface area contributed by atoms with Crippen LogP contribution in [-0.2, 0) is 12.7 Å². The van der Waals surface area contributed by atoms with E-state index in [0.717, 1.165) is 31.6 Å². The van der Waals surface area contributed by atoms with Crippen molar-refractivity contribution < 1.29 is 22.4 Å². The smallest absolute Gasteiger partial charge is 0.348 e. The first kappa shape index (κ1) is 23.9. The molecule has 2 N–H and O–H groups in total. The lowest BCUT2D eigenvalue weighted by molar-refractivity contribution is -0.141. The van der Waals surface area contributed by atoms with Crippen LogP contribution in [0.3, 0.4) is 0 Å². The summed E-state index contributed by atoms with van der Waals surface area (Å²) in [4.78, 5) is 18.6. The maximum absolute atomic E-state index is 14.0. The number of rotatable bonds is 5. The number of aromatic nitrogens is 3. The second-order valence-electron chi connectivity index (χ2n) is 8.90. The Kier molecular flexibility index (Phi) is 6.44. The van der Waals surface area contributed by atoms with Crippen molar-refractivity contribution in [3.05, 3.63) is 83.4 Å². The van der Waals surface area contributed by atoms with E-state index in [1.165, 1.54) is 12.1 Å². The van der Waals surface area contributed by atoms with Crippen LogP contribution in [0.2, 0.25) is 0 Å². The zero-order valence-electron chi connectivity index (χ0n) is 19.1. The number of H-pyrrole nitrogens is 1. The molecular weight excluding hydrogens is 474 g/mol. The van der Waals surface area contributed by atoms with Gasteiger partial charge in [-0.05, 0) is 55.8 Å². The van der Waals surface area contributed by atoms with Crippen molar-refractivity contribution in [3.8, 4) is 11.3 Å². The predicted octanol–water partition coefficient (Wildman–Crippen LogP) is 5.18. The molecule has 10 heteroatoms. The molecule has 1 aliphatic rings. The van der Waals surface area contributed by atoms with Crippen LogP contribution in [0.1, 0.15) is 34.5 Å². The van der Waals surface area contributed by atoms with Gasteiger partial charge in [-0.1, -0.05) is 18.2 Å². The molecule has 2 aromatic carbocycles. The molecule has 1 aliphatic heterocycles. The Morgan fingerprint density at radius 2 is 1.97 bits per heavy atom. The predicted molar refractivity (Wildman–Crippen MR) is 126 cm³/mol. The highest BCUT2D eigenvalue weighted by atomic mass is 19.4. The number of halogens is 4. The summed E-state index contributed by atoms with van der Waals surface area (Å²) in [5.41, 5.74) is 1.13. The molecule has 1 saturated heterocycles. The number of piperidine rings is 1. The molecule has 0 unspecified atom stereocenters. The van der Waals surface area contributed by atoms with Gasteiger partial charge in [0.05, 0.1) is 5.52 Å². The number of benzene rings is 2. The standard InChI is InChI=1S/C26H23F4N5O/c27-21-6-2-1-4-18(21)14-35-11-3-5-19(15-35)32-25(36)17-7-8-22-20(12-17)24(34-33-22)16-9-10-31-23(13-16)26(28,29)30/h1-2,4,6-10,12-13,19H,3,5,11,14-15H2,(H,32,36)(H,33,34)/t19-/m1/s1. The molecule has 186 valence electrons. The van der Waals surface area contributed by atoms with Gasteiger partial charge >= 0.3 is 6.18 Å². The number of hydrogen-bond acceptors (Lipinski definition) is 4. The third kappa shape index (κ3) is 5.08. The Bertz CT molecular complexity index is 1400. The first-order chi connectivity index (χ1) is 17.3. The van der Waals surface area contributed by atoms with Gasteiger partial charge in [-0.2, -0.15) is 18.3 Å². The number of nitrogens with zero attached hydrogens (tertiary/aromatic N) is 3. The third-order valence-electron chi connectivity index (χ3n) is 6.34. The molecule has 6 nitrogen and oxygen atoms in total. The van der Waals surface area contributed by atoms with Crippen LogP contribution < -0.4 is 5.32 Å². The third-order valence-corrected chi connectivity index (χ3v) is 6.34. The Hall–Kier alpha value is -3.79. The number of alkyl halides is 3. The minimum Gasteiger partial charge on any atom is -0.348 e. The fraction of sp³-hybridized carbons (Fsp3) is 0.269. The lowest BCUT2D eigenvalue weighted by atomic mass is 10.0. The maximum Gasteiger partial charge on any atom is 0.433 e. The highest BCUT2D eigenvalue weighted by molar-refractivity contribution is 6.01. The van der Waals surface area contributed by atoms with Crippen molar-refractivity contribution in [1.82, 2.24) is 25.4 Å². The van der Waals surface area contributed by atoms with Crippen LogP contribution in [0.25, 0.3) is 22.2 Å². The van der Waals surface area contributed by atoms with Gasteiger partial charge in [0.2, 0.25) is 0 Å². The van der Waals surface area contributed by atoms with Crippen molar-refractivity contribution in [3.63, 3.8) is 0 Å². The Morgan fingerprint density at radius 1 is 1.14 bits per heavy atom. The van der Waals surface area contributed by atoms with Crippen molar-refractivity contribution in [2.75, 3.05) is 13.1 Å². The molecule has 3 heterocycles. The number of nitrogens with one attached hydrogen (secondary N) is 2. The summed E-state index contributed by atoms with van der Waals surface area (Å²) in [6.07, 6.45) is -1.82. The maximum atomic E-state index is 14.0. The van der Waals surface area contributed by atoms with Gasteiger partial charge in [-0.25, -0.2) is 4.39 Å². The molecule has 0 spiro atoms. The summed E-state index contributed by atoms with van der Waals surface area (Å²) >= 11 is 0. The summed E-state index contributed by atoms with van der Waals surface area (Å²) in [5, 5.41) is 10.6. The molecule has 0 saturated carbocycles. The summed E-state index contributed by atoms with van der Waals surface area (Å²) in [5.74, 6) is -0.531. The number of hydrogen-bond donors (Lipinski definition) is 2. The molecule has 0 radical (unpaired) electrons. The number of fused-ring (bicyclic) bond motifs is 1. The Balaban J connectivity index is 1.32.